The Kier molecular flexibility index (Phi) is 9.02. The van der Waals surface area contributed by atoms with Crippen molar-refractivity contribution in [1.29, 1.82) is 0 Å². The number of esters is 1. The summed E-state index contributed by atoms with van der Waals surface area (Å²) in [5, 5.41) is 6.53. The maximum atomic E-state index is 12.8. The number of piperidine rings is 1. The van der Waals surface area contributed by atoms with E-state index in [1.165, 1.54) is 22.3 Å². The fourth-order valence-corrected chi connectivity index (χ4v) is 6.73. The first-order chi connectivity index (χ1) is 19.7. The van der Waals surface area contributed by atoms with Crippen LogP contribution in [0.4, 0.5) is 5.13 Å². The number of aryl methyl sites for hydroxylation is 2. The summed E-state index contributed by atoms with van der Waals surface area (Å²) in [4.78, 5) is 20.1. The molecule has 0 aliphatic carbocycles. The summed E-state index contributed by atoms with van der Waals surface area (Å²) in [6.07, 6.45) is 2.50. The zero-order valence-electron chi connectivity index (χ0n) is 25.2. The Bertz CT molecular complexity index is 1360. The third-order valence-corrected chi connectivity index (χ3v) is 8.85. The molecule has 0 spiro atoms. The van der Waals surface area contributed by atoms with Gasteiger partial charge in [-0.25, -0.2) is 4.98 Å². The largest absolute Gasteiger partial charge is 0.488 e. The van der Waals surface area contributed by atoms with Gasteiger partial charge in [0.2, 0.25) is 0 Å². The SMILES string of the molecule is CCc1cc(COc2c(C)cccc2-c2csc(N3CC[C@@H](C(=O)OC(C)(C)C)[C@@H](OC)C3)n2)cc2c1CNCC2. The maximum Gasteiger partial charge on any atom is 0.312 e. The van der Waals surface area contributed by atoms with E-state index in [4.69, 9.17) is 19.2 Å². The van der Waals surface area contributed by atoms with Crippen LogP contribution >= 0.6 is 11.3 Å². The lowest BCUT2D eigenvalue weighted by Crippen LogP contribution is -2.49. The Morgan fingerprint density at radius 3 is 2.83 bits per heavy atom. The van der Waals surface area contributed by atoms with E-state index in [-0.39, 0.29) is 18.0 Å². The molecule has 0 bridgehead atoms. The standard InChI is InChI=1S/C33H43N3O4S/c1-7-23-15-22(16-24-11-13-34-17-27(23)24)19-39-30-21(2)9-8-10-25(30)28-20-41-32(35-28)36-14-12-26(29(18-36)38-6)31(37)40-33(3,4)5/h8-10,15-16,20,26,29,34H,7,11-14,17-19H2,1-6H3/t26-,29+/m1/s1. The van der Waals surface area contributed by atoms with E-state index in [0.717, 1.165) is 60.2 Å². The quantitative estimate of drug-likeness (QED) is 0.325. The predicted octanol–water partition coefficient (Wildman–Crippen LogP) is 6.09. The highest BCUT2D eigenvalue weighted by Crippen LogP contribution is 2.37. The van der Waals surface area contributed by atoms with E-state index in [9.17, 15) is 4.79 Å². The minimum absolute atomic E-state index is 0.188. The van der Waals surface area contributed by atoms with Gasteiger partial charge in [-0.15, -0.1) is 11.3 Å². The molecular formula is C33H43N3O4S. The Labute approximate surface area is 248 Å². The highest BCUT2D eigenvalue weighted by molar-refractivity contribution is 7.14. The molecule has 220 valence electrons. The average molecular weight is 578 g/mol. The molecule has 1 saturated heterocycles. The fraction of sp³-hybridized carbons (Fsp3) is 0.515. The van der Waals surface area contributed by atoms with Crippen LogP contribution in [-0.2, 0) is 40.3 Å². The third kappa shape index (κ3) is 6.76. The molecule has 0 radical (unpaired) electrons. The second-order valence-electron chi connectivity index (χ2n) is 12.1. The lowest BCUT2D eigenvalue weighted by molar-refractivity contribution is -0.165. The van der Waals surface area contributed by atoms with Crippen molar-refractivity contribution in [2.45, 2.75) is 78.7 Å². The monoisotopic (exact) mass is 577 g/mol. The summed E-state index contributed by atoms with van der Waals surface area (Å²) >= 11 is 1.61. The van der Waals surface area contributed by atoms with Crippen LogP contribution in [0, 0.1) is 12.8 Å². The van der Waals surface area contributed by atoms with Crippen LogP contribution in [0.5, 0.6) is 5.75 Å². The van der Waals surface area contributed by atoms with Crippen molar-refractivity contribution in [2.24, 2.45) is 5.92 Å². The number of hydrogen-bond donors (Lipinski definition) is 1. The predicted molar refractivity (Wildman–Crippen MR) is 165 cm³/mol. The van der Waals surface area contributed by atoms with Crippen LogP contribution < -0.4 is 15.0 Å². The first-order valence-electron chi connectivity index (χ1n) is 14.7. The summed E-state index contributed by atoms with van der Waals surface area (Å²) in [7, 11) is 1.66. The maximum absolute atomic E-state index is 12.8. The number of rotatable bonds is 8. The van der Waals surface area contributed by atoms with Crippen molar-refractivity contribution in [3.63, 3.8) is 0 Å². The Morgan fingerprint density at radius 1 is 1.24 bits per heavy atom. The van der Waals surface area contributed by atoms with Gasteiger partial charge < -0.3 is 24.4 Å². The Hall–Kier alpha value is -2.94. The van der Waals surface area contributed by atoms with Gasteiger partial charge >= 0.3 is 5.97 Å². The van der Waals surface area contributed by atoms with E-state index in [0.29, 0.717) is 19.6 Å². The van der Waals surface area contributed by atoms with Gasteiger partial charge in [0.25, 0.3) is 0 Å². The minimum Gasteiger partial charge on any atom is -0.488 e. The number of fused-ring (bicyclic) bond motifs is 1. The third-order valence-electron chi connectivity index (χ3n) is 7.95. The number of benzene rings is 2. The van der Waals surface area contributed by atoms with E-state index in [2.05, 4.69) is 59.8 Å². The molecule has 2 aliphatic heterocycles. The molecule has 7 nitrogen and oxygen atoms in total. The zero-order valence-corrected chi connectivity index (χ0v) is 26.0. The van der Waals surface area contributed by atoms with Gasteiger partial charge in [-0.3, -0.25) is 4.79 Å². The average Bonchev–Trinajstić information content (AvgIpc) is 3.45. The number of methoxy groups -OCH3 is 1. The Morgan fingerprint density at radius 2 is 2.07 bits per heavy atom. The zero-order chi connectivity index (χ0) is 29.1. The van der Waals surface area contributed by atoms with Crippen molar-refractivity contribution in [3.05, 3.63) is 63.5 Å². The smallest absolute Gasteiger partial charge is 0.312 e. The van der Waals surface area contributed by atoms with Crippen LogP contribution in [0.25, 0.3) is 11.3 Å². The molecule has 8 heteroatoms. The van der Waals surface area contributed by atoms with Crippen LogP contribution in [0.1, 0.15) is 61.9 Å². The molecule has 1 fully saturated rings. The van der Waals surface area contributed by atoms with E-state index in [1.54, 1.807) is 18.4 Å². The minimum atomic E-state index is -0.514. The van der Waals surface area contributed by atoms with Crippen molar-refractivity contribution >= 4 is 22.4 Å². The fourth-order valence-electron chi connectivity index (χ4n) is 5.87. The summed E-state index contributed by atoms with van der Waals surface area (Å²) < 4.78 is 18.0. The van der Waals surface area contributed by atoms with Crippen molar-refractivity contribution in [1.82, 2.24) is 10.3 Å². The second-order valence-corrected chi connectivity index (χ2v) is 12.9. The summed E-state index contributed by atoms with van der Waals surface area (Å²) in [6.45, 7) is 13.8. The molecule has 2 aromatic carbocycles. The Balaban J connectivity index is 1.32. The number of carbonyl (C=O) groups is 1. The highest BCUT2D eigenvalue weighted by Gasteiger charge is 2.38. The molecule has 2 aliphatic rings. The lowest BCUT2D eigenvalue weighted by atomic mass is 9.92. The number of carbonyl (C=O) groups excluding carboxylic acids is 1. The molecule has 0 amide bonds. The number of aromatic nitrogens is 1. The van der Waals surface area contributed by atoms with Gasteiger partial charge in [0.15, 0.2) is 5.13 Å². The molecule has 2 atom stereocenters. The van der Waals surface area contributed by atoms with Crippen molar-refractivity contribution < 1.29 is 19.0 Å². The molecule has 1 N–H and O–H groups in total. The summed E-state index contributed by atoms with van der Waals surface area (Å²) in [5.41, 5.74) is 8.00. The van der Waals surface area contributed by atoms with Gasteiger partial charge in [-0.1, -0.05) is 31.2 Å². The first-order valence-corrected chi connectivity index (χ1v) is 15.6. The van der Waals surface area contributed by atoms with Gasteiger partial charge in [0.05, 0.1) is 17.7 Å². The number of para-hydroxylation sites is 1. The number of hydrogen-bond acceptors (Lipinski definition) is 8. The van der Waals surface area contributed by atoms with Gasteiger partial charge in [0.1, 0.15) is 18.0 Å². The molecule has 0 unspecified atom stereocenters. The van der Waals surface area contributed by atoms with Crippen molar-refractivity contribution in [2.75, 3.05) is 31.6 Å². The van der Waals surface area contributed by atoms with E-state index < -0.39 is 5.60 Å². The molecule has 1 aromatic heterocycles. The topological polar surface area (TPSA) is 72.9 Å². The molecule has 41 heavy (non-hydrogen) atoms. The second kappa shape index (κ2) is 12.5. The normalized spacial score (nSPS) is 19.1. The molecular weight excluding hydrogens is 534 g/mol. The summed E-state index contributed by atoms with van der Waals surface area (Å²) in [6, 6.07) is 10.9. The molecule has 3 aromatic rings. The number of nitrogens with zero attached hydrogens (tertiary/aromatic N) is 2. The number of nitrogens with one attached hydrogen (secondary N) is 1. The summed E-state index contributed by atoms with van der Waals surface area (Å²) in [5.74, 6) is 0.409. The van der Waals surface area contributed by atoms with Crippen LogP contribution in [0.15, 0.2) is 35.7 Å². The van der Waals surface area contributed by atoms with E-state index in [1.807, 2.05) is 20.8 Å². The van der Waals surface area contributed by atoms with Crippen LogP contribution in [-0.4, -0.2) is 49.4 Å². The van der Waals surface area contributed by atoms with Gasteiger partial charge in [-0.2, -0.15) is 0 Å². The molecule has 0 saturated carbocycles. The van der Waals surface area contributed by atoms with Gasteiger partial charge in [-0.05, 0) is 87.4 Å². The van der Waals surface area contributed by atoms with Crippen LogP contribution in [0.3, 0.4) is 0 Å². The van der Waals surface area contributed by atoms with E-state index >= 15 is 0 Å². The number of thiazole rings is 1. The first kappa shape index (κ1) is 29.5. The van der Waals surface area contributed by atoms with Crippen molar-refractivity contribution in [3.8, 4) is 17.0 Å². The highest BCUT2D eigenvalue weighted by atomic mass is 32.1. The number of ether oxygens (including phenoxy) is 3. The van der Waals surface area contributed by atoms with Gasteiger partial charge in [0, 0.05) is 37.7 Å². The van der Waals surface area contributed by atoms with Crippen LogP contribution in [0.2, 0.25) is 0 Å². The number of anilines is 1. The lowest BCUT2D eigenvalue weighted by Gasteiger charge is -2.37. The molecule has 3 heterocycles. The molecule has 5 rings (SSSR count).